The second-order valence-corrected chi connectivity index (χ2v) is 7.16. The summed E-state index contributed by atoms with van der Waals surface area (Å²) in [5, 5.41) is 11.2. The van der Waals surface area contributed by atoms with Gasteiger partial charge < -0.3 is 10.0 Å². The lowest BCUT2D eigenvalue weighted by Crippen LogP contribution is -2.49. The number of nitrogens with zero attached hydrogens (tertiary/aromatic N) is 2. The number of rotatable bonds is 4. The van der Waals surface area contributed by atoms with Gasteiger partial charge in [0, 0.05) is 42.8 Å². The van der Waals surface area contributed by atoms with Crippen LogP contribution in [0.3, 0.4) is 0 Å². The molecule has 1 amide bonds. The first-order chi connectivity index (χ1) is 12.4. The number of amides is 1. The molecule has 0 spiro atoms. The van der Waals surface area contributed by atoms with Crippen molar-refractivity contribution in [1.82, 2.24) is 9.80 Å². The van der Waals surface area contributed by atoms with Gasteiger partial charge in [0.25, 0.3) is 5.91 Å². The fourth-order valence-corrected chi connectivity index (χ4v) is 3.29. The molecular weight excluding hydrogens is 378 g/mol. The molecule has 0 aliphatic carbocycles. The highest BCUT2D eigenvalue weighted by molar-refractivity contribution is 6.30. The second-order valence-electron chi connectivity index (χ2n) is 6.28. The number of benzene rings is 2. The van der Waals surface area contributed by atoms with Crippen molar-refractivity contribution in [2.24, 2.45) is 0 Å². The van der Waals surface area contributed by atoms with Crippen LogP contribution in [0.1, 0.15) is 22.0 Å². The molecule has 26 heavy (non-hydrogen) atoms. The van der Waals surface area contributed by atoms with E-state index >= 15 is 0 Å². The van der Waals surface area contributed by atoms with Crippen molar-refractivity contribution in [2.45, 2.75) is 6.10 Å². The lowest BCUT2D eigenvalue weighted by atomic mass is 10.1. The van der Waals surface area contributed by atoms with Crippen molar-refractivity contribution in [1.29, 1.82) is 0 Å². The quantitative estimate of drug-likeness (QED) is 0.857. The Bertz CT molecular complexity index is 778. The van der Waals surface area contributed by atoms with Crippen LogP contribution in [-0.2, 0) is 0 Å². The first-order valence-corrected chi connectivity index (χ1v) is 9.10. The molecule has 0 saturated carbocycles. The van der Waals surface area contributed by atoms with Crippen LogP contribution in [0, 0.1) is 5.82 Å². The second kappa shape index (κ2) is 8.35. The van der Waals surface area contributed by atoms with Gasteiger partial charge in [-0.15, -0.1) is 0 Å². The molecule has 0 bridgehead atoms. The molecule has 7 heteroatoms. The SMILES string of the molecule is O=C(c1ccc(Cl)cc1F)N1CCN(CC(O)c2ccc(Cl)cc2)CC1. The third kappa shape index (κ3) is 4.54. The number of hydrogen-bond donors (Lipinski definition) is 1. The Hall–Kier alpha value is -1.66. The fourth-order valence-electron chi connectivity index (χ4n) is 3.00. The van der Waals surface area contributed by atoms with Crippen molar-refractivity contribution < 1.29 is 14.3 Å². The normalized spacial score (nSPS) is 16.5. The smallest absolute Gasteiger partial charge is 0.256 e. The van der Waals surface area contributed by atoms with Gasteiger partial charge in [-0.2, -0.15) is 0 Å². The van der Waals surface area contributed by atoms with Crippen molar-refractivity contribution in [3.8, 4) is 0 Å². The van der Waals surface area contributed by atoms with Crippen LogP contribution < -0.4 is 0 Å². The van der Waals surface area contributed by atoms with Gasteiger partial charge in [0.05, 0.1) is 11.7 Å². The highest BCUT2D eigenvalue weighted by Crippen LogP contribution is 2.20. The van der Waals surface area contributed by atoms with Gasteiger partial charge in [-0.1, -0.05) is 35.3 Å². The number of aliphatic hydroxyl groups is 1. The zero-order valence-corrected chi connectivity index (χ0v) is 15.5. The van der Waals surface area contributed by atoms with Crippen molar-refractivity contribution in [3.05, 3.63) is 69.5 Å². The van der Waals surface area contributed by atoms with Crippen molar-refractivity contribution in [2.75, 3.05) is 32.7 Å². The molecule has 1 heterocycles. The van der Waals surface area contributed by atoms with Crippen LogP contribution in [0.15, 0.2) is 42.5 Å². The molecule has 1 saturated heterocycles. The minimum Gasteiger partial charge on any atom is -0.387 e. The fraction of sp³-hybridized carbons (Fsp3) is 0.316. The number of carbonyl (C=O) groups is 1. The molecule has 1 aliphatic rings. The Morgan fingerprint density at radius 1 is 1.04 bits per heavy atom. The van der Waals surface area contributed by atoms with E-state index in [-0.39, 0.29) is 16.5 Å². The summed E-state index contributed by atoms with van der Waals surface area (Å²) in [6.07, 6.45) is -0.622. The Kier molecular flexibility index (Phi) is 6.14. The zero-order chi connectivity index (χ0) is 18.7. The number of aliphatic hydroxyl groups excluding tert-OH is 1. The van der Waals surface area contributed by atoms with E-state index in [4.69, 9.17) is 23.2 Å². The lowest BCUT2D eigenvalue weighted by molar-refractivity contribution is 0.0524. The summed E-state index contributed by atoms with van der Waals surface area (Å²) in [5.74, 6) is -0.944. The maximum absolute atomic E-state index is 13.9. The molecule has 1 N–H and O–H groups in total. The molecule has 2 aromatic carbocycles. The van der Waals surface area contributed by atoms with Gasteiger partial charge in [0.1, 0.15) is 5.82 Å². The standard InChI is InChI=1S/C19H19Cl2FN2O2/c20-14-3-1-13(2-4-14)18(25)12-23-7-9-24(10-8-23)19(26)16-6-5-15(21)11-17(16)22/h1-6,11,18,25H,7-10,12H2. The molecule has 0 aromatic heterocycles. The average Bonchev–Trinajstić information content (AvgIpc) is 2.62. The first kappa shape index (κ1) is 19.1. The number of piperazine rings is 1. The number of β-amino-alcohol motifs (C(OH)–C–C–N with tert-alkyl or cyclic N) is 1. The summed E-state index contributed by atoms with van der Waals surface area (Å²) < 4.78 is 13.9. The topological polar surface area (TPSA) is 43.8 Å². The molecular formula is C19H19Cl2FN2O2. The predicted octanol–water partition coefficient (Wildman–Crippen LogP) is 3.62. The lowest BCUT2D eigenvalue weighted by Gasteiger charge is -2.35. The van der Waals surface area contributed by atoms with Crippen LogP contribution in [0.2, 0.25) is 10.0 Å². The van der Waals surface area contributed by atoms with E-state index in [1.165, 1.54) is 12.1 Å². The van der Waals surface area contributed by atoms with E-state index < -0.39 is 11.9 Å². The van der Waals surface area contributed by atoms with E-state index in [0.717, 1.165) is 11.6 Å². The van der Waals surface area contributed by atoms with Crippen LogP contribution >= 0.6 is 23.2 Å². The summed E-state index contributed by atoms with van der Waals surface area (Å²) in [6, 6.07) is 11.2. The maximum Gasteiger partial charge on any atom is 0.256 e. The summed E-state index contributed by atoms with van der Waals surface area (Å²) >= 11 is 11.6. The summed E-state index contributed by atoms with van der Waals surface area (Å²) in [6.45, 7) is 2.67. The molecule has 2 aromatic rings. The average molecular weight is 397 g/mol. The molecule has 0 radical (unpaired) electrons. The summed E-state index contributed by atoms with van der Waals surface area (Å²) in [4.78, 5) is 16.2. The number of halogens is 3. The minimum absolute atomic E-state index is 0.0315. The summed E-state index contributed by atoms with van der Waals surface area (Å²) in [7, 11) is 0. The van der Waals surface area contributed by atoms with Gasteiger partial charge in [-0.05, 0) is 35.9 Å². The summed E-state index contributed by atoms with van der Waals surface area (Å²) in [5.41, 5.74) is 0.834. The molecule has 1 atom stereocenters. The Balaban J connectivity index is 1.55. The minimum atomic E-state index is -0.622. The van der Waals surface area contributed by atoms with E-state index in [1.54, 1.807) is 29.2 Å². The van der Waals surface area contributed by atoms with E-state index in [9.17, 15) is 14.3 Å². The van der Waals surface area contributed by atoms with E-state index in [1.807, 2.05) is 0 Å². The Labute approximate surface area is 161 Å². The molecule has 4 nitrogen and oxygen atoms in total. The third-order valence-electron chi connectivity index (χ3n) is 4.51. The molecule has 1 aliphatic heterocycles. The molecule has 1 fully saturated rings. The van der Waals surface area contributed by atoms with Gasteiger partial charge in [0.15, 0.2) is 0 Å². The zero-order valence-electron chi connectivity index (χ0n) is 14.0. The van der Waals surface area contributed by atoms with Gasteiger partial charge in [-0.25, -0.2) is 4.39 Å². The Morgan fingerprint density at radius 3 is 2.27 bits per heavy atom. The Morgan fingerprint density at radius 2 is 1.65 bits per heavy atom. The monoisotopic (exact) mass is 396 g/mol. The van der Waals surface area contributed by atoms with Crippen LogP contribution in [-0.4, -0.2) is 53.5 Å². The molecule has 1 unspecified atom stereocenters. The number of carbonyl (C=O) groups excluding carboxylic acids is 1. The van der Waals surface area contributed by atoms with Crippen molar-refractivity contribution >= 4 is 29.1 Å². The van der Waals surface area contributed by atoms with Crippen molar-refractivity contribution in [3.63, 3.8) is 0 Å². The third-order valence-corrected chi connectivity index (χ3v) is 4.99. The van der Waals surface area contributed by atoms with E-state index in [2.05, 4.69) is 4.90 Å². The van der Waals surface area contributed by atoms with Gasteiger partial charge in [0.2, 0.25) is 0 Å². The van der Waals surface area contributed by atoms with Crippen LogP contribution in [0.4, 0.5) is 4.39 Å². The largest absolute Gasteiger partial charge is 0.387 e. The van der Waals surface area contributed by atoms with Crippen LogP contribution in [0.5, 0.6) is 0 Å². The van der Waals surface area contributed by atoms with E-state index in [0.29, 0.717) is 37.7 Å². The highest BCUT2D eigenvalue weighted by Gasteiger charge is 2.25. The number of hydrogen-bond acceptors (Lipinski definition) is 3. The van der Waals surface area contributed by atoms with Gasteiger partial charge >= 0.3 is 0 Å². The maximum atomic E-state index is 13.9. The predicted molar refractivity (Wildman–Crippen MR) is 100 cm³/mol. The van der Waals surface area contributed by atoms with Crippen LogP contribution in [0.25, 0.3) is 0 Å². The molecule has 138 valence electrons. The molecule has 3 rings (SSSR count). The first-order valence-electron chi connectivity index (χ1n) is 8.34. The van der Waals surface area contributed by atoms with Gasteiger partial charge in [-0.3, -0.25) is 9.69 Å². The highest BCUT2D eigenvalue weighted by atomic mass is 35.5.